The first-order chi connectivity index (χ1) is 19.0. The number of rotatable bonds is 14. The number of halogens is 4. The van der Waals surface area contributed by atoms with Crippen molar-refractivity contribution in [3.8, 4) is 0 Å². The first kappa shape index (κ1) is 31.4. The van der Waals surface area contributed by atoms with Crippen molar-refractivity contribution in [2.45, 2.75) is 44.2 Å². The van der Waals surface area contributed by atoms with E-state index >= 15 is 0 Å². The number of hydrogen-bond donors (Lipinski definition) is 5. The summed E-state index contributed by atoms with van der Waals surface area (Å²) in [5.41, 5.74) is 0.462. The van der Waals surface area contributed by atoms with Gasteiger partial charge in [-0.3, -0.25) is 10.1 Å². The molecule has 1 aliphatic heterocycles. The van der Waals surface area contributed by atoms with Gasteiger partial charge in [-0.25, -0.2) is 4.39 Å². The summed E-state index contributed by atoms with van der Waals surface area (Å²) >= 11 is 0. The van der Waals surface area contributed by atoms with E-state index in [0.717, 1.165) is 24.5 Å². The summed E-state index contributed by atoms with van der Waals surface area (Å²) in [6.45, 7) is 6.07. The van der Waals surface area contributed by atoms with E-state index in [-0.39, 0.29) is 25.3 Å². The van der Waals surface area contributed by atoms with Crippen molar-refractivity contribution in [2.75, 3.05) is 68.1 Å². The second-order valence-corrected chi connectivity index (χ2v) is 10.3. The number of hydrogen-bond acceptors (Lipinski definition) is 7. The van der Waals surface area contributed by atoms with Gasteiger partial charge < -0.3 is 30.7 Å². The molecular formula is C28H39F4N5O3. The highest BCUT2D eigenvalue weighted by Gasteiger charge is 2.43. The Morgan fingerprint density at radius 2 is 1.50 bits per heavy atom. The maximum Gasteiger partial charge on any atom is 0.407 e. The molecule has 0 radical (unpaired) electrons. The quantitative estimate of drug-likeness (QED) is 0.174. The van der Waals surface area contributed by atoms with Crippen molar-refractivity contribution in [1.82, 2.24) is 10.6 Å². The van der Waals surface area contributed by atoms with Crippen LogP contribution in [0.5, 0.6) is 0 Å². The Bertz CT molecular complexity index is 1040. The molecular weight excluding hydrogens is 530 g/mol. The molecule has 3 rings (SSSR count). The lowest BCUT2D eigenvalue weighted by Gasteiger charge is -2.30. The zero-order valence-electron chi connectivity index (χ0n) is 22.9. The molecule has 0 unspecified atom stereocenters. The van der Waals surface area contributed by atoms with Crippen LogP contribution >= 0.6 is 0 Å². The van der Waals surface area contributed by atoms with E-state index < -0.39 is 36.3 Å². The zero-order valence-corrected chi connectivity index (χ0v) is 22.9. The number of carbonyl (C=O) groups excluding carboxylic acids is 1. The third-order valence-electron chi connectivity index (χ3n) is 6.38. The molecule has 0 aliphatic carbocycles. The fraction of sp³-hybridized carbons (Fsp3) is 0.536. The van der Waals surface area contributed by atoms with Gasteiger partial charge in [0.1, 0.15) is 11.7 Å². The lowest BCUT2D eigenvalue weighted by atomic mass is 9.97. The fourth-order valence-corrected chi connectivity index (χ4v) is 4.41. The van der Waals surface area contributed by atoms with Crippen LogP contribution in [0.4, 0.5) is 34.6 Å². The number of morpholine rings is 1. The Labute approximate surface area is 232 Å². The van der Waals surface area contributed by atoms with Crippen molar-refractivity contribution < 1.29 is 32.2 Å². The first-order valence-electron chi connectivity index (χ1n) is 13.4. The molecule has 0 bridgehead atoms. The van der Waals surface area contributed by atoms with Crippen LogP contribution in [0.3, 0.4) is 0 Å². The van der Waals surface area contributed by atoms with E-state index in [1.807, 2.05) is 24.3 Å². The number of aliphatic hydroxyl groups excluding tert-OH is 1. The topological polar surface area (TPSA) is 97.9 Å². The SMILES string of the molecule is CC(C)(F)C[C@H](N[C@@H](c1ccc(NCCO)cc1)C(F)(F)F)C(=O)NCCNc1ccc(N2CCOCC2)cc1. The summed E-state index contributed by atoms with van der Waals surface area (Å²) in [5.74, 6) is -0.717. The number of amides is 1. The highest BCUT2D eigenvalue weighted by Crippen LogP contribution is 2.34. The highest BCUT2D eigenvalue weighted by molar-refractivity contribution is 5.82. The molecule has 1 heterocycles. The van der Waals surface area contributed by atoms with E-state index in [9.17, 15) is 22.4 Å². The van der Waals surface area contributed by atoms with Crippen molar-refractivity contribution in [2.24, 2.45) is 0 Å². The third kappa shape index (κ3) is 10.1. The largest absolute Gasteiger partial charge is 0.407 e. The van der Waals surface area contributed by atoms with E-state index in [1.165, 1.54) is 38.1 Å². The molecule has 0 spiro atoms. The van der Waals surface area contributed by atoms with Crippen LogP contribution in [0, 0.1) is 0 Å². The van der Waals surface area contributed by atoms with E-state index in [1.54, 1.807) is 0 Å². The number of ether oxygens (including phenoxy) is 1. The van der Waals surface area contributed by atoms with Crippen LogP contribution in [-0.2, 0) is 9.53 Å². The second-order valence-electron chi connectivity index (χ2n) is 10.3. The molecule has 1 amide bonds. The number of aliphatic hydroxyl groups is 1. The van der Waals surface area contributed by atoms with Crippen LogP contribution in [0.15, 0.2) is 48.5 Å². The summed E-state index contributed by atoms with van der Waals surface area (Å²) in [4.78, 5) is 15.2. The molecule has 40 heavy (non-hydrogen) atoms. The Kier molecular flexibility index (Phi) is 11.4. The van der Waals surface area contributed by atoms with Crippen LogP contribution in [-0.4, -0.2) is 81.4 Å². The number of carbonyl (C=O) groups is 1. The minimum Gasteiger partial charge on any atom is -0.395 e. The molecule has 2 aromatic rings. The molecule has 0 saturated carbocycles. The maximum absolute atomic E-state index is 14.5. The summed E-state index contributed by atoms with van der Waals surface area (Å²) < 4.78 is 62.1. The molecule has 1 fully saturated rings. The molecule has 1 saturated heterocycles. The Balaban J connectivity index is 1.59. The van der Waals surface area contributed by atoms with Crippen molar-refractivity contribution in [1.29, 1.82) is 0 Å². The average Bonchev–Trinajstić information content (AvgIpc) is 2.92. The molecule has 2 atom stereocenters. The Morgan fingerprint density at radius 3 is 2.05 bits per heavy atom. The molecule has 8 nitrogen and oxygen atoms in total. The van der Waals surface area contributed by atoms with Gasteiger partial charge in [0.15, 0.2) is 0 Å². The van der Waals surface area contributed by atoms with E-state index in [4.69, 9.17) is 9.84 Å². The highest BCUT2D eigenvalue weighted by atomic mass is 19.4. The average molecular weight is 570 g/mol. The lowest BCUT2D eigenvalue weighted by Crippen LogP contribution is -2.51. The third-order valence-corrected chi connectivity index (χ3v) is 6.38. The lowest BCUT2D eigenvalue weighted by molar-refractivity contribution is -0.161. The monoisotopic (exact) mass is 569 g/mol. The second kappa shape index (κ2) is 14.5. The van der Waals surface area contributed by atoms with Crippen LogP contribution in [0.2, 0.25) is 0 Å². The minimum absolute atomic E-state index is 0.112. The van der Waals surface area contributed by atoms with Gasteiger partial charge in [0.25, 0.3) is 0 Å². The van der Waals surface area contributed by atoms with Crippen LogP contribution in [0.1, 0.15) is 31.9 Å². The van der Waals surface area contributed by atoms with E-state index in [0.29, 0.717) is 25.4 Å². The van der Waals surface area contributed by atoms with Gasteiger partial charge in [0.2, 0.25) is 5.91 Å². The summed E-state index contributed by atoms with van der Waals surface area (Å²) in [6, 6.07) is 9.69. The molecule has 0 aromatic heterocycles. The van der Waals surface area contributed by atoms with Gasteiger partial charge in [-0.1, -0.05) is 12.1 Å². The predicted molar refractivity (Wildman–Crippen MR) is 149 cm³/mol. The molecule has 5 N–H and O–H groups in total. The predicted octanol–water partition coefficient (Wildman–Crippen LogP) is 3.86. The number of nitrogens with one attached hydrogen (secondary N) is 4. The normalized spacial score (nSPS) is 15.8. The van der Waals surface area contributed by atoms with Crippen LogP contribution in [0.25, 0.3) is 0 Å². The van der Waals surface area contributed by atoms with E-state index in [2.05, 4.69) is 26.2 Å². The van der Waals surface area contributed by atoms with Gasteiger partial charge >= 0.3 is 6.18 Å². The zero-order chi connectivity index (χ0) is 29.2. The van der Waals surface area contributed by atoms with Gasteiger partial charge in [0, 0.05) is 56.2 Å². The molecule has 1 aliphatic rings. The number of benzene rings is 2. The number of nitrogens with zero attached hydrogens (tertiary/aromatic N) is 1. The summed E-state index contributed by atoms with van der Waals surface area (Å²) in [6.07, 6.45) is -5.17. The van der Waals surface area contributed by atoms with Crippen LogP contribution < -0.4 is 26.2 Å². The summed E-state index contributed by atoms with van der Waals surface area (Å²) in [7, 11) is 0. The van der Waals surface area contributed by atoms with Gasteiger partial charge in [-0.15, -0.1) is 0 Å². The standard InChI is InChI=1S/C28H39F4N5O3/c1-27(2,29)19-24(36-25(28(30,31)32)20-3-5-21(6-4-20)34-13-16-38)26(39)35-12-11-33-22-7-9-23(10-8-22)37-14-17-40-18-15-37/h3-10,24-25,33-34,36,38H,11-19H2,1-2H3,(H,35,39)/t24-,25-/m0/s1. The Hall–Kier alpha value is -3.09. The molecule has 12 heteroatoms. The van der Waals surface area contributed by atoms with Gasteiger partial charge in [-0.2, -0.15) is 13.2 Å². The summed E-state index contributed by atoms with van der Waals surface area (Å²) in [5, 5.41) is 19.9. The number of anilines is 3. The minimum atomic E-state index is -4.73. The first-order valence-corrected chi connectivity index (χ1v) is 13.4. The fourth-order valence-electron chi connectivity index (χ4n) is 4.41. The number of alkyl halides is 4. The van der Waals surface area contributed by atoms with Crippen molar-refractivity contribution in [3.63, 3.8) is 0 Å². The molecule has 2 aromatic carbocycles. The van der Waals surface area contributed by atoms with Gasteiger partial charge in [0.05, 0.1) is 25.9 Å². The van der Waals surface area contributed by atoms with Crippen molar-refractivity contribution in [3.05, 3.63) is 54.1 Å². The molecule has 222 valence electrons. The van der Waals surface area contributed by atoms with Crippen molar-refractivity contribution >= 4 is 23.0 Å². The van der Waals surface area contributed by atoms with Gasteiger partial charge in [-0.05, 0) is 55.8 Å². The smallest absolute Gasteiger partial charge is 0.395 e. The Morgan fingerprint density at radius 1 is 0.925 bits per heavy atom. The maximum atomic E-state index is 14.5.